The number of nitrogens with one attached hydrogen (secondary N) is 1. The van der Waals surface area contributed by atoms with Crippen molar-refractivity contribution in [3.63, 3.8) is 0 Å². The summed E-state index contributed by atoms with van der Waals surface area (Å²) in [6.45, 7) is 5.92. The molecule has 1 amide bonds. The van der Waals surface area contributed by atoms with Gasteiger partial charge in [-0.25, -0.2) is 0 Å². The summed E-state index contributed by atoms with van der Waals surface area (Å²) < 4.78 is 10.7. The Hall–Kier alpha value is -2.89. The molecule has 0 aliphatic rings. The summed E-state index contributed by atoms with van der Waals surface area (Å²) in [5.41, 5.74) is -0.126. The van der Waals surface area contributed by atoms with Crippen molar-refractivity contribution in [2.24, 2.45) is 0 Å². The van der Waals surface area contributed by atoms with Crippen LogP contribution in [0.3, 0.4) is 0 Å². The van der Waals surface area contributed by atoms with Crippen LogP contribution in [-0.2, 0) is 5.41 Å². The quantitative estimate of drug-likeness (QED) is 0.784. The Balaban J connectivity index is 1.89. The van der Waals surface area contributed by atoms with E-state index in [2.05, 4.69) is 10.5 Å². The smallest absolute Gasteiger partial charge is 0.292 e. The molecule has 0 unspecified atom stereocenters. The van der Waals surface area contributed by atoms with Crippen molar-refractivity contribution in [3.05, 3.63) is 58.1 Å². The van der Waals surface area contributed by atoms with Crippen molar-refractivity contribution >= 4 is 22.7 Å². The normalized spacial score (nSPS) is 11.6. The van der Waals surface area contributed by atoms with Gasteiger partial charge in [-0.1, -0.05) is 38.1 Å². The summed E-state index contributed by atoms with van der Waals surface area (Å²) in [6, 6.07) is 9.58. The van der Waals surface area contributed by atoms with Crippen molar-refractivity contribution in [1.29, 1.82) is 0 Å². The zero-order valence-electron chi connectivity index (χ0n) is 13.0. The molecule has 2 aromatic heterocycles. The molecule has 0 saturated heterocycles. The molecule has 1 aromatic carbocycles. The minimum absolute atomic E-state index is 0.0750. The van der Waals surface area contributed by atoms with Gasteiger partial charge in [0.15, 0.2) is 17.0 Å². The predicted octanol–water partition coefficient (Wildman–Crippen LogP) is 3.33. The minimum atomic E-state index is -0.554. The molecular weight excluding hydrogens is 296 g/mol. The van der Waals surface area contributed by atoms with Crippen LogP contribution in [0, 0.1) is 0 Å². The Labute approximate surface area is 132 Å². The lowest BCUT2D eigenvalue weighted by atomic mass is 9.93. The van der Waals surface area contributed by atoms with E-state index in [0.29, 0.717) is 16.7 Å². The molecule has 3 aromatic rings. The lowest BCUT2D eigenvalue weighted by Crippen LogP contribution is -2.15. The van der Waals surface area contributed by atoms with Gasteiger partial charge in [0, 0.05) is 17.5 Å². The first-order valence-electron chi connectivity index (χ1n) is 7.16. The highest BCUT2D eigenvalue weighted by Crippen LogP contribution is 2.24. The average molecular weight is 312 g/mol. The number of rotatable bonds is 2. The van der Waals surface area contributed by atoms with E-state index in [-0.39, 0.29) is 22.4 Å². The number of hydrogen-bond donors (Lipinski definition) is 1. The third-order valence-corrected chi connectivity index (χ3v) is 3.35. The van der Waals surface area contributed by atoms with Gasteiger partial charge in [0.2, 0.25) is 0 Å². The number of carbonyl (C=O) groups excluding carboxylic acids is 1. The van der Waals surface area contributed by atoms with Crippen molar-refractivity contribution in [1.82, 2.24) is 5.16 Å². The standard InChI is InChI=1S/C17H16N2O4/c1-17(2,3)14-9-15(19-23-14)18-16(21)13-8-11(20)10-6-4-5-7-12(10)22-13/h4-9H,1-3H3,(H,18,19,21). The summed E-state index contributed by atoms with van der Waals surface area (Å²) in [5.74, 6) is 0.291. The van der Waals surface area contributed by atoms with Crippen LogP contribution in [0.2, 0.25) is 0 Å². The van der Waals surface area contributed by atoms with Crippen LogP contribution in [0.1, 0.15) is 37.1 Å². The summed E-state index contributed by atoms with van der Waals surface area (Å²) in [7, 11) is 0. The average Bonchev–Trinajstić information content (AvgIpc) is 2.96. The summed E-state index contributed by atoms with van der Waals surface area (Å²) >= 11 is 0. The second-order valence-corrected chi connectivity index (χ2v) is 6.25. The number of aromatic nitrogens is 1. The van der Waals surface area contributed by atoms with Crippen LogP contribution < -0.4 is 10.7 Å². The molecule has 6 nitrogen and oxygen atoms in total. The molecule has 118 valence electrons. The molecule has 0 fully saturated rings. The molecule has 3 rings (SSSR count). The summed E-state index contributed by atoms with van der Waals surface area (Å²) in [4.78, 5) is 24.3. The van der Waals surface area contributed by atoms with Crippen molar-refractivity contribution in [2.45, 2.75) is 26.2 Å². The molecule has 23 heavy (non-hydrogen) atoms. The molecule has 0 spiro atoms. The number of para-hydroxylation sites is 1. The third kappa shape index (κ3) is 3.01. The Morgan fingerprint density at radius 1 is 1.17 bits per heavy atom. The molecule has 6 heteroatoms. The number of anilines is 1. The van der Waals surface area contributed by atoms with Crippen LogP contribution in [0.15, 0.2) is 50.1 Å². The van der Waals surface area contributed by atoms with Crippen molar-refractivity contribution in [2.75, 3.05) is 5.32 Å². The van der Waals surface area contributed by atoms with Gasteiger partial charge in [0.05, 0.1) is 5.39 Å². The van der Waals surface area contributed by atoms with E-state index < -0.39 is 5.91 Å². The number of nitrogens with zero attached hydrogens (tertiary/aromatic N) is 1. The van der Waals surface area contributed by atoms with Gasteiger partial charge in [-0.05, 0) is 12.1 Å². The van der Waals surface area contributed by atoms with Crippen LogP contribution in [0.25, 0.3) is 11.0 Å². The lowest BCUT2D eigenvalue weighted by Gasteiger charge is -2.11. The summed E-state index contributed by atoms with van der Waals surface area (Å²) in [6.07, 6.45) is 0. The maximum Gasteiger partial charge on any atom is 0.292 e. The van der Waals surface area contributed by atoms with E-state index in [9.17, 15) is 9.59 Å². The van der Waals surface area contributed by atoms with Gasteiger partial charge >= 0.3 is 0 Å². The van der Waals surface area contributed by atoms with E-state index in [0.717, 1.165) is 0 Å². The zero-order chi connectivity index (χ0) is 16.6. The first kappa shape index (κ1) is 15.0. The molecule has 0 saturated carbocycles. The van der Waals surface area contributed by atoms with Gasteiger partial charge in [-0.15, -0.1) is 0 Å². The van der Waals surface area contributed by atoms with Crippen LogP contribution in [-0.4, -0.2) is 11.1 Å². The third-order valence-electron chi connectivity index (χ3n) is 3.35. The second kappa shape index (κ2) is 5.39. The monoisotopic (exact) mass is 312 g/mol. The molecule has 0 atom stereocenters. The highest BCUT2D eigenvalue weighted by atomic mass is 16.5. The molecule has 1 N–H and O–H groups in total. The van der Waals surface area contributed by atoms with Gasteiger partial charge in [0.25, 0.3) is 5.91 Å². The zero-order valence-corrected chi connectivity index (χ0v) is 13.0. The largest absolute Gasteiger partial charge is 0.451 e. The number of fused-ring (bicyclic) bond motifs is 1. The van der Waals surface area contributed by atoms with Gasteiger partial charge in [0.1, 0.15) is 11.3 Å². The minimum Gasteiger partial charge on any atom is -0.451 e. The fourth-order valence-electron chi connectivity index (χ4n) is 2.08. The van der Waals surface area contributed by atoms with Gasteiger partial charge in [-0.3, -0.25) is 9.59 Å². The Kier molecular flexibility index (Phi) is 3.52. The van der Waals surface area contributed by atoms with Crippen LogP contribution >= 0.6 is 0 Å². The lowest BCUT2D eigenvalue weighted by molar-refractivity contribution is 0.0996. The molecule has 2 heterocycles. The number of carbonyl (C=O) groups is 1. The highest BCUT2D eigenvalue weighted by Gasteiger charge is 2.21. The first-order chi connectivity index (χ1) is 10.8. The Morgan fingerprint density at radius 2 is 1.91 bits per heavy atom. The topological polar surface area (TPSA) is 85.3 Å². The van der Waals surface area contributed by atoms with Crippen molar-refractivity contribution in [3.8, 4) is 0 Å². The fraction of sp³-hybridized carbons (Fsp3) is 0.235. The first-order valence-corrected chi connectivity index (χ1v) is 7.16. The predicted molar refractivity (Wildman–Crippen MR) is 85.6 cm³/mol. The summed E-state index contributed by atoms with van der Waals surface area (Å²) in [5, 5.41) is 6.80. The van der Waals surface area contributed by atoms with E-state index >= 15 is 0 Å². The van der Waals surface area contributed by atoms with Crippen molar-refractivity contribution < 1.29 is 13.7 Å². The van der Waals surface area contributed by atoms with E-state index in [4.69, 9.17) is 8.94 Å². The maximum absolute atomic E-state index is 12.2. The Bertz CT molecular complexity index is 931. The number of hydrogen-bond acceptors (Lipinski definition) is 5. The molecule has 0 radical (unpaired) electrons. The SMILES string of the molecule is CC(C)(C)c1cc(NC(=O)c2cc(=O)c3ccccc3o2)no1. The number of amides is 1. The maximum atomic E-state index is 12.2. The van der Waals surface area contributed by atoms with E-state index in [1.807, 2.05) is 20.8 Å². The molecule has 0 bridgehead atoms. The molecular formula is C17H16N2O4. The van der Waals surface area contributed by atoms with Crippen LogP contribution in [0.4, 0.5) is 5.82 Å². The molecule has 0 aliphatic carbocycles. The van der Waals surface area contributed by atoms with E-state index in [1.54, 1.807) is 30.3 Å². The fourth-order valence-corrected chi connectivity index (χ4v) is 2.08. The second-order valence-electron chi connectivity index (χ2n) is 6.25. The number of benzene rings is 1. The van der Waals surface area contributed by atoms with Gasteiger partial charge < -0.3 is 14.3 Å². The highest BCUT2D eigenvalue weighted by molar-refractivity contribution is 6.02. The molecule has 0 aliphatic heterocycles. The van der Waals surface area contributed by atoms with Gasteiger partial charge in [-0.2, -0.15) is 0 Å². The Morgan fingerprint density at radius 3 is 2.61 bits per heavy atom. The van der Waals surface area contributed by atoms with Crippen LogP contribution in [0.5, 0.6) is 0 Å². The van der Waals surface area contributed by atoms with E-state index in [1.165, 1.54) is 6.07 Å².